The predicted molar refractivity (Wildman–Crippen MR) is 136 cm³/mol. The molecule has 0 radical (unpaired) electrons. The van der Waals surface area contributed by atoms with Crippen LogP contribution in [0.2, 0.25) is 5.02 Å². The zero-order valence-corrected chi connectivity index (χ0v) is 20.9. The smallest absolute Gasteiger partial charge is 0.370 e. The third-order valence-corrected chi connectivity index (χ3v) is 6.51. The number of hydrogen-bond acceptors (Lipinski definition) is 5. The molecule has 0 atom stereocenters. The van der Waals surface area contributed by atoms with Gasteiger partial charge in [-0.2, -0.15) is 13.2 Å². The quantitative estimate of drug-likeness (QED) is 0.321. The van der Waals surface area contributed by atoms with E-state index < -0.39 is 28.1 Å². The number of rotatable bonds is 8. The summed E-state index contributed by atoms with van der Waals surface area (Å²) in [5, 5.41) is 8.09. The molecular weight excluding hydrogens is 507 g/mol. The highest BCUT2D eigenvalue weighted by molar-refractivity contribution is 6.31. The molecule has 1 heterocycles. The number of aryl methyl sites for hydroxylation is 1. The highest BCUT2D eigenvalue weighted by atomic mass is 35.5. The summed E-state index contributed by atoms with van der Waals surface area (Å²) in [6.07, 6.45) is -1.05. The van der Waals surface area contributed by atoms with Gasteiger partial charge in [0, 0.05) is 29.5 Å². The van der Waals surface area contributed by atoms with Crippen molar-refractivity contribution in [1.82, 2.24) is 9.97 Å². The normalized spacial score (nSPS) is 14.1. The molecule has 3 aromatic rings. The number of amides is 2. The third-order valence-electron chi connectivity index (χ3n) is 6.18. The highest BCUT2D eigenvalue weighted by Crippen LogP contribution is 2.48. The zero-order chi connectivity index (χ0) is 26.8. The fraction of sp³-hybridized carbons (Fsp3) is 0.308. The Bertz CT molecular complexity index is 1340. The molecule has 0 unspecified atom stereocenters. The van der Waals surface area contributed by atoms with E-state index in [4.69, 9.17) is 11.6 Å². The number of nitrogens with zero attached hydrogens (tertiary/aromatic N) is 2. The number of hydrogen-bond donors (Lipinski definition) is 3. The van der Waals surface area contributed by atoms with Gasteiger partial charge in [-0.15, -0.1) is 0 Å². The van der Waals surface area contributed by atoms with Crippen LogP contribution in [-0.2, 0) is 16.4 Å². The van der Waals surface area contributed by atoms with E-state index in [1.165, 1.54) is 24.5 Å². The van der Waals surface area contributed by atoms with Crippen molar-refractivity contribution in [2.24, 2.45) is 0 Å². The maximum absolute atomic E-state index is 13.3. The molecule has 2 amide bonds. The topological polar surface area (TPSA) is 96.0 Å². The second kappa shape index (κ2) is 10.4. The lowest BCUT2D eigenvalue weighted by molar-refractivity contribution is -0.137. The van der Waals surface area contributed by atoms with E-state index in [-0.39, 0.29) is 17.2 Å². The maximum atomic E-state index is 13.3. The Morgan fingerprint density at radius 2 is 1.81 bits per heavy atom. The van der Waals surface area contributed by atoms with Crippen LogP contribution >= 0.6 is 11.6 Å². The van der Waals surface area contributed by atoms with E-state index in [0.29, 0.717) is 30.0 Å². The molecule has 37 heavy (non-hydrogen) atoms. The van der Waals surface area contributed by atoms with Crippen LogP contribution in [0.1, 0.15) is 53.4 Å². The maximum Gasteiger partial charge on any atom is 0.417 e. The van der Waals surface area contributed by atoms with Crippen LogP contribution in [0.15, 0.2) is 48.8 Å². The number of benzene rings is 2. The number of carbonyl (C=O) groups is 2. The van der Waals surface area contributed by atoms with Crippen molar-refractivity contribution >= 4 is 40.6 Å². The summed E-state index contributed by atoms with van der Waals surface area (Å²) in [6.45, 7) is 4.57. The standard InChI is InChI=1S/C26H25ClF3N5O2/c1-3-10-31-22-13-21(32-14-33-22)25(8-9-25)24(37)35-20-11-16(5-4-15(20)2)23(36)34-17-6-7-19(27)18(12-17)26(28,29)30/h4-7,11-14H,3,8-10H2,1-2H3,(H,34,36)(H,35,37)(H,31,32,33). The van der Waals surface area contributed by atoms with Gasteiger partial charge in [0.2, 0.25) is 5.91 Å². The van der Waals surface area contributed by atoms with Crippen LogP contribution in [-0.4, -0.2) is 28.3 Å². The highest BCUT2D eigenvalue weighted by Gasteiger charge is 2.53. The van der Waals surface area contributed by atoms with Crippen molar-refractivity contribution in [1.29, 1.82) is 0 Å². The van der Waals surface area contributed by atoms with Crippen LogP contribution in [0, 0.1) is 6.92 Å². The molecule has 1 aliphatic rings. The van der Waals surface area contributed by atoms with Crippen LogP contribution in [0.4, 0.5) is 30.4 Å². The minimum Gasteiger partial charge on any atom is -0.370 e. The molecule has 3 N–H and O–H groups in total. The first-order chi connectivity index (χ1) is 17.5. The minimum atomic E-state index is -4.66. The molecule has 0 bridgehead atoms. The van der Waals surface area contributed by atoms with E-state index in [1.54, 1.807) is 19.1 Å². The Hall–Kier alpha value is -3.66. The number of alkyl halides is 3. The Morgan fingerprint density at radius 1 is 1.05 bits per heavy atom. The molecule has 1 aliphatic carbocycles. The van der Waals surface area contributed by atoms with Gasteiger partial charge in [0.1, 0.15) is 12.1 Å². The second-order valence-corrected chi connectivity index (χ2v) is 9.33. The summed E-state index contributed by atoms with van der Waals surface area (Å²) >= 11 is 5.65. The molecule has 0 saturated heterocycles. The van der Waals surface area contributed by atoms with Crippen LogP contribution in [0.5, 0.6) is 0 Å². The van der Waals surface area contributed by atoms with Gasteiger partial charge in [-0.1, -0.05) is 24.6 Å². The summed E-state index contributed by atoms with van der Waals surface area (Å²) in [5.41, 5.74) is 0.0511. The fourth-order valence-electron chi connectivity index (χ4n) is 3.86. The number of aromatic nitrogens is 2. The molecule has 1 fully saturated rings. The number of halogens is 4. The predicted octanol–water partition coefficient (Wildman–Crippen LogP) is 6.20. The van der Waals surface area contributed by atoms with Gasteiger partial charge in [-0.05, 0) is 62.1 Å². The lowest BCUT2D eigenvalue weighted by Gasteiger charge is -2.17. The number of anilines is 3. The molecule has 11 heteroatoms. The van der Waals surface area contributed by atoms with E-state index in [9.17, 15) is 22.8 Å². The second-order valence-electron chi connectivity index (χ2n) is 8.93. The van der Waals surface area contributed by atoms with Gasteiger partial charge in [0.25, 0.3) is 5.91 Å². The van der Waals surface area contributed by atoms with Crippen LogP contribution in [0.25, 0.3) is 0 Å². The zero-order valence-electron chi connectivity index (χ0n) is 20.2. The molecule has 194 valence electrons. The number of nitrogens with one attached hydrogen (secondary N) is 3. The molecular formula is C26H25ClF3N5O2. The Kier molecular flexibility index (Phi) is 7.40. The summed E-state index contributed by atoms with van der Waals surface area (Å²) in [7, 11) is 0. The molecule has 2 aromatic carbocycles. The van der Waals surface area contributed by atoms with Gasteiger partial charge in [0.05, 0.1) is 21.7 Å². The van der Waals surface area contributed by atoms with E-state index in [0.717, 1.165) is 30.7 Å². The lowest BCUT2D eigenvalue weighted by atomic mass is 10.00. The van der Waals surface area contributed by atoms with Crippen molar-refractivity contribution in [2.75, 3.05) is 22.5 Å². The van der Waals surface area contributed by atoms with Crippen molar-refractivity contribution < 1.29 is 22.8 Å². The Balaban J connectivity index is 1.51. The first-order valence-corrected chi connectivity index (χ1v) is 12.1. The van der Waals surface area contributed by atoms with E-state index in [1.807, 2.05) is 6.92 Å². The van der Waals surface area contributed by atoms with Crippen molar-refractivity contribution in [3.63, 3.8) is 0 Å². The average Bonchev–Trinajstić information content (AvgIpc) is 3.67. The first kappa shape index (κ1) is 26.4. The molecule has 1 saturated carbocycles. The molecule has 0 spiro atoms. The summed E-state index contributed by atoms with van der Waals surface area (Å²) in [6, 6.07) is 9.60. The summed E-state index contributed by atoms with van der Waals surface area (Å²) in [4.78, 5) is 34.6. The van der Waals surface area contributed by atoms with Crippen LogP contribution < -0.4 is 16.0 Å². The fourth-order valence-corrected chi connectivity index (χ4v) is 4.08. The first-order valence-electron chi connectivity index (χ1n) is 11.7. The van der Waals surface area contributed by atoms with Gasteiger partial charge in [-0.25, -0.2) is 9.97 Å². The molecule has 1 aromatic heterocycles. The van der Waals surface area contributed by atoms with Crippen molar-refractivity contribution in [3.8, 4) is 0 Å². The van der Waals surface area contributed by atoms with Gasteiger partial charge >= 0.3 is 6.18 Å². The molecule has 4 rings (SSSR count). The summed E-state index contributed by atoms with van der Waals surface area (Å²) < 4.78 is 39.5. The molecule has 0 aliphatic heterocycles. The monoisotopic (exact) mass is 531 g/mol. The molecule has 7 nitrogen and oxygen atoms in total. The minimum absolute atomic E-state index is 0.0546. The average molecular weight is 532 g/mol. The van der Waals surface area contributed by atoms with Crippen molar-refractivity contribution in [3.05, 3.63) is 76.2 Å². The Labute approximate surface area is 216 Å². The van der Waals surface area contributed by atoms with Crippen molar-refractivity contribution in [2.45, 2.75) is 44.7 Å². The largest absolute Gasteiger partial charge is 0.417 e. The number of carbonyl (C=O) groups excluding carboxylic acids is 2. The SMILES string of the molecule is CCCNc1cc(C2(C(=O)Nc3cc(C(=O)Nc4ccc(Cl)c(C(F)(F)F)c4)ccc3C)CC2)ncn1. The van der Waals surface area contributed by atoms with Gasteiger partial charge in [-0.3, -0.25) is 9.59 Å². The summed E-state index contributed by atoms with van der Waals surface area (Å²) in [5.74, 6) is -0.230. The Morgan fingerprint density at radius 3 is 2.49 bits per heavy atom. The van der Waals surface area contributed by atoms with Gasteiger partial charge in [0.15, 0.2) is 0 Å². The van der Waals surface area contributed by atoms with Crippen LogP contribution in [0.3, 0.4) is 0 Å². The van der Waals surface area contributed by atoms with E-state index >= 15 is 0 Å². The van der Waals surface area contributed by atoms with E-state index in [2.05, 4.69) is 25.9 Å². The lowest BCUT2D eigenvalue weighted by Crippen LogP contribution is -2.29. The van der Waals surface area contributed by atoms with Gasteiger partial charge < -0.3 is 16.0 Å². The third kappa shape index (κ3) is 5.85.